The van der Waals surface area contributed by atoms with Crippen LogP contribution in [0.25, 0.3) is 11.6 Å². The molecule has 68 valence electrons. The second-order valence-corrected chi connectivity index (χ2v) is 2.64. The highest BCUT2D eigenvalue weighted by atomic mass is 35.5. The molecule has 0 radical (unpaired) electrons. The molecule has 7 heteroatoms. The number of aryl methyl sites for hydroxylation is 1. The summed E-state index contributed by atoms with van der Waals surface area (Å²) in [6.45, 7) is 0. The average molecular weight is 200 g/mol. The van der Waals surface area contributed by atoms with Crippen LogP contribution in [0.15, 0.2) is 10.7 Å². The van der Waals surface area contributed by atoms with E-state index in [0.29, 0.717) is 17.4 Å². The van der Waals surface area contributed by atoms with Gasteiger partial charge in [-0.1, -0.05) is 5.16 Å². The number of hydrogen-bond donors (Lipinski definition) is 0. The van der Waals surface area contributed by atoms with Crippen LogP contribution in [0, 0.1) is 0 Å². The topological polar surface area (TPSA) is 69.6 Å². The predicted octanol–water partition coefficient (Wildman–Crippen LogP) is 0.604. The van der Waals surface area contributed by atoms with Gasteiger partial charge < -0.3 is 4.52 Å². The molecule has 0 amide bonds. The Hall–Kier alpha value is -1.43. The Kier molecular flexibility index (Phi) is 1.97. The monoisotopic (exact) mass is 199 g/mol. The quantitative estimate of drug-likeness (QED) is 0.663. The second-order valence-electron chi connectivity index (χ2n) is 2.37. The van der Waals surface area contributed by atoms with E-state index < -0.39 is 0 Å². The van der Waals surface area contributed by atoms with Crippen molar-refractivity contribution in [2.24, 2.45) is 7.05 Å². The number of alkyl halides is 1. The molecule has 2 heterocycles. The third-order valence-electron chi connectivity index (χ3n) is 1.41. The summed E-state index contributed by atoms with van der Waals surface area (Å²) in [7, 11) is 1.71. The van der Waals surface area contributed by atoms with E-state index in [1.54, 1.807) is 13.2 Å². The normalized spacial score (nSPS) is 10.6. The van der Waals surface area contributed by atoms with Gasteiger partial charge in [-0.3, -0.25) is 0 Å². The van der Waals surface area contributed by atoms with E-state index in [4.69, 9.17) is 16.1 Å². The summed E-state index contributed by atoms with van der Waals surface area (Å²) in [5, 5.41) is 11.5. The van der Waals surface area contributed by atoms with Crippen LogP contribution in [0.3, 0.4) is 0 Å². The number of halogens is 1. The van der Waals surface area contributed by atoms with Crippen molar-refractivity contribution >= 4 is 11.6 Å². The fourth-order valence-corrected chi connectivity index (χ4v) is 0.965. The van der Waals surface area contributed by atoms with E-state index in [0.717, 1.165) is 0 Å². The molecule has 0 saturated carbocycles. The van der Waals surface area contributed by atoms with E-state index in [1.807, 2.05) is 0 Å². The summed E-state index contributed by atoms with van der Waals surface area (Å²) in [5.41, 5.74) is 0.548. The first kappa shape index (κ1) is 8.18. The molecule has 13 heavy (non-hydrogen) atoms. The number of aromatic nitrogens is 5. The third kappa shape index (κ3) is 1.52. The third-order valence-corrected chi connectivity index (χ3v) is 1.65. The Labute approximate surface area is 78.5 Å². The van der Waals surface area contributed by atoms with E-state index >= 15 is 0 Å². The molecule has 0 atom stereocenters. The maximum atomic E-state index is 5.51. The first-order valence-electron chi connectivity index (χ1n) is 3.55. The zero-order valence-corrected chi connectivity index (χ0v) is 7.56. The smallest absolute Gasteiger partial charge is 0.280 e. The summed E-state index contributed by atoms with van der Waals surface area (Å²) in [5.74, 6) is 1.01. The van der Waals surface area contributed by atoms with Crippen molar-refractivity contribution in [2.45, 2.75) is 5.88 Å². The van der Waals surface area contributed by atoms with E-state index in [-0.39, 0.29) is 5.88 Å². The van der Waals surface area contributed by atoms with E-state index in [9.17, 15) is 0 Å². The summed E-state index contributed by atoms with van der Waals surface area (Å²) in [4.78, 5) is 5.40. The predicted molar refractivity (Wildman–Crippen MR) is 43.9 cm³/mol. The zero-order valence-electron chi connectivity index (χ0n) is 6.81. The Morgan fingerprint density at radius 2 is 2.46 bits per heavy atom. The van der Waals surface area contributed by atoms with Gasteiger partial charge in [0.2, 0.25) is 0 Å². The van der Waals surface area contributed by atoms with Crippen LogP contribution in [0.2, 0.25) is 0 Å². The van der Waals surface area contributed by atoms with E-state index in [1.165, 1.54) is 4.80 Å². The maximum absolute atomic E-state index is 5.51. The number of nitrogens with zero attached hydrogens (tertiary/aromatic N) is 5. The first-order chi connectivity index (χ1) is 6.29. The van der Waals surface area contributed by atoms with Gasteiger partial charge in [-0.05, 0) is 0 Å². The van der Waals surface area contributed by atoms with Crippen LogP contribution in [0.4, 0.5) is 0 Å². The summed E-state index contributed by atoms with van der Waals surface area (Å²) < 4.78 is 4.89. The number of hydrogen-bond acceptors (Lipinski definition) is 5. The van der Waals surface area contributed by atoms with Gasteiger partial charge in [0.15, 0.2) is 11.5 Å². The lowest BCUT2D eigenvalue weighted by Crippen LogP contribution is -1.91. The largest absolute Gasteiger partial charge is 0.332 e. The van der Waals surface area contributed by atoms with Gasteiger partial charge in [-0.15, -0.1) is 16.7 Å². The molecule has 0 saturated heterocycles. The van der Waals surface area contributed by atoms with Crippen LogP contribution in [-0.2, 0) is 12.9 Å². The highest BCUT2D eigenvalue weighted by molar-refractivity contribution is 6.16. The highest BCUT2D eigenvalue weighted by Crippen LogP contribution is 2.12. The SMILES string of the molecule is Cn1ncc(-c2nc(CCl)no2)n1. The molecular weight excluding hydrogens is 194 g/mol. The fourth-order valence-electron chi connectivity index (χ4n) is 0.856. The minimum absolute atomic E-state index is 0.226. The van der Waals surface area contributed by atoms with Crippen LogP contribution in [0.5, 0.6) is 0 Å². The summed E-state index contributed by atoms with van der Waals surface area (Å²) >= 11 is 5.51. The summed E-state index contributed by atoms with van der Waals surface area (Å²) in [6.07, 6.45) is 1.55. The Morgan fingerprint density at radius 3 is 3.00 bits per heavy atom. The Balaban J connectivity index is 2.35. The van der Waals surface area contributed by atoms with Crippen LogP contribution < -0.4 is 0 Å². The Bertz CT molecular complexity index is 409. The molecule has 6 nitrogen and oxygen atoms in total. The lowest BCUT2D eigenvalue weighted by Gasteiger charge is -1.82. The lowest BCUT2D eigenvalue weighted by atomic mass is 10.5. The van der Waals surface area contributed by atoms with Gasteiger partial charge in [0.25, 0.3) is 5.89 Å². The molecular formula is C6H6ClN5O. The molecule has 2 rings (SSSR count). The highest BCUT2D eigenvalue weighted by Gasteiger charge is 2.10. The average Bonchev–Trinajstić information content (AvgIpc) is 2.71. The molecule has 2 aromatic rings. The molecule has 0 fully saturated rings. The molecule has 0 unspecified atom stereocenters. The van der Waals surface area contributed by atoms with Crippen molar-refractivity contribution < 1.29 is 4.52 Å². The molecule has 0 aliphatic rings. The van der Waals surface area contributed by atoms with Gasteiger partial charge in [-0.25, -0.2) is 0 Å². The minimum Gasteiger partial charge on any atom is -0.332 e. The minimum atomic E-state index is 0.226. The molecule has 0 spiro atoms. The van der Waals surface area contributed by atoms with Crippen molar-refractivity contribution in [3.8, 4) is 11.6 Å². The van der Waals surface area contributed by atoms with Gasteiger partial charge in [0.05, 0.1) is 12.1 Å². The van der Waals surface area contributed by atoms with E-state index in [2.05, 4.69) is 20.3 Å². The molecule has 0 aliphatic carbocycles. The van der Waals surface area contributed by atoms with Crippen LogP contribution >= 0.6 is 11.6 Å². The van der Waals surface area contributed by atoms with Crippen molar-refractivity contribution in [2.75, 3.05) is 0 Å². The summed E-state index contributed by atoms with van der Waals surface area (Å²) in [6, 6.07) is 0. The van der Waals surface area contributed by atoms with Crippen LogP contribution in [0.1, 0.15) is 5.82 Å². The molecule has 0 bridgehead atoms. The second kappa shape index (κ2) is 3.14. The van der Waals surface area contributed by atoms with Crippen molar-refractivity contribution in [3.05, 3.63) is 12.0 Å². The fraction of sp³-hybridized carbons (Fsp3) is 0.333. The van der Waals surface area contributed by atoms with Gasteiger partial charge in [0, 0.05) is 7.05 Å². The molecule has 0 N–H and O–H groups in total. The van der Waals surface area contributed by atoms with Crippen molar-refractivity contribution in [1.82, 2.24) is 25.1 Å². The standard InChI is InChI=1S/C6H6ClN5O/c1-12-8-3-4(10-12)6-9-5(2-7)11-13-6/h3H,2H2,1H3. The zero-order chi connectivity index (χ0) is 9.26. The van der Waals surface area contributed by atoms with Gasteiger partial charge >= 0.3 is 0 Å². The molecule has 2 aromatic heterocycles. The van der Waals surface area contributed by atoms with Crippen molar-refractivity contribution in [1.29, 1.82) is 0 Å². The molecule has 0 aliphatic heterocycles. The van der Waals surface area contributed by atoms with Crippen molar-refractivity contribution in [3.63, 3.8) is 0 Å². The maximum Gasteiger partial charge on any atom is 0.280 e. The first-order valence-corrected chi connectivity index (χ1v) is 4.08. The van der Waals surface area contributed by atoms with Gasteiger partial charge in [0.1, 0.15) is 0 Å². The number of rotatable bonds is 2. The lowest BCUT2D eigenvalue weighted by molar-refractivity contribution is 0.423. The Morgan fingerprint density at radius 1 is 1.62 bits per heavy atom. The van der Waals surface area contributed by atoms with Gasteiger partial charge in [-0.2, -0.15) is 14.9 Å². The van der Waals surface area contributed by atoms with Crippen LogP contribution in [-0.4, -0.2) is 25.1 Å². The molecule has 0 aromatic carbocycles.